The van der Waals surface area contributed by atoms with Crippen LogP contribution < -0.4 is 25.4 Å². The Hall–Kier alpha value is -3.59. The van der Waals surface area contributed by atoms with Crippen LogP contribution in [0.4, 0.5) is 0 Å². The molecule has 0 aromatic heterocycles. The molecule has 0 radical (unpaired) electrons. The van der Waals surface area contributed by atoms with E-state index in [1.165, 1.54) is 18.2 Å². The summed E-state index contributed by atoms with van der Waals surface area (Å²) in [5.74, 6) is -1.24. The summed E-state index contributed by atoms with van der Waals surface area (Å²) in [6, 6.07) is 11.0. The SMILES string of the molecule is O=C1COc2cc(C(=O)O)cc(c2)C(=O)N[C@H]2CNC[C@@H]2Oc2ccc(cc2)CN1. The van der Waals surface area contributed by atoms with Gasteiger partial charge in [-0.15, -0.1) is 0 Å². The number of ether oxygens (including phenoxy) is 2. The Morgan fingerprint density at radius 3 is 2.60 bits per heavy atom. The minimum Gasteiger partial charge on any atom is -0.487 e. The van der Waals surface area contributed by atoms with E-state index in [2.05, 4.69) is 16.0 Å². The number of hydrogen-bond donors (Lipinski definition) is 4. The number of nitrogens with one attached hydrogen (secondary N) is 3. The molecule has 3 aliphatic heterocycles. The second kappa shape index (κ2) is 8.42. The number of fused-ring (bicyclic) bond motifs is 7. The average molecular weight is 411 g/mol. The summed E-state index contributed by atoms with van der Waals surface area (Å²) in [6.07, 6.45) is -0.284. The van der Waals surface area contributed by atoms with Crippen molar-refractivity contribution in [2.24, 2.45) is 0 Å². The Balaban J connectivity index is 1.65. The van der Waals surface area contributed by atoms with Crippen LogP contribution in [0, 0.1) is 0 Å². The fourth-order valence-corrected chi connectivity index (χ4v) is 3.37. The van der Waals surface area contributed by atoms with Crippen molar-refractivity contribution in [2.75, 3.05) is 19.7 Å². The van der Waals surface area contributed by atoms with Crippen molar-refractivity contribution in [3.05, 3.63) is 59.2 Å². The maximum Gasteiger partial charge on any atom is 0.335 e. The number of carbonyl (C=O) groups excluding carboxylic acids is 2. The van der Waals surface area contributed by atoms with Gasteiger partial charge in [0, 0.05) is 25.2 Å². The largest absolute Gasteiger partial charge is 0.487 e. The predicted molar refractivity (Wildman–Crippen MR) is 106 cm³/mol. The van der Waals surface area contributed by atoms with Gasteiger partial charge in [0.1, 0.15) is 17.6 Å². The molecule has 4 N–H and O–H groups in total. The maximum atomic E-state index is 12.8. The molecule has 0 spiro atoms. The van der Waals surface area contributed by atoms with Crippen molar-refractivity contribution in [2.45, 2.75) is 18.7 Å². The highest BCUT2D eigenvalue weighted by Gasteiger charge is 2.31. The number of rotatable bonds is 1. The van der Waals surface area contributed by atoms with E-state index in [-0.39, 0.29) is 41.5 Å². The summed E-state index contributed by atoms with van der Waals surface area (Å²) >= 11 is 0. The molecule has 0 unspecified atom stereocenters. The number of carbonyl (C=O) groups is 3. The first-order valence-corrected chi connectivity index (χ1v) is 9.53. The number of hydrogen-bond acceptors (Lipinski definition) is 6. The summed E-state index contributed by atoms with van der Waals surface area (Å²) in [5.41, 5.74) is 0.916. The molecule has 9 nitrogen and oxygen atoms in total. The van der Waals surface area contributed by atoms with Crippen molar-refractivity contribution in [1.29, 1.82) is 0 Å². The van der Waals surface area contributed by atoms with Crippen molar-refractivity contribution in [3.8, 4) is 11.5 Å². The minimum absolute atomic E-state index is 0.106. The van der Waals surface area contributed by atoms with Gasteiger partial charge in [-0.1, -0.05) is 12.1 Å². The summed E-state index contributed by atoms with van der Waals surface area (Å²) in [7, 11) is 0. The number of benzene rings is 2. The highest BCUT2D eigenvalue weighted by molar-refractivity contribution is 5.98. The van der Waals surface area contributed by atoms with Crippen LogP contribution in [0.2, 0.25) is 0 Å². The highest BCUT2D eigenvalue weighted by atomic mass is 16.5. The zero-order valence-corrected chi connectivity index (χ0v) is 16.0. The van der Waals surface area contributed by atoms with Crippen LogP contribution in [0.25, 0.3) is 0 Å². The lowest BCUT2D eigenvalue weighted by Gasteiger charge is -2.22. The van der Waals surface area contributed by atoms with E-state index in [1.54, 1.807) is 0 Å². The zero-order valence-electron chi connectivity index (χ0n) is 16.0. The van der Waals surface area contributed by atoms with E-state index in [1.807, 2.05) is 24.3 Å². The second-order valence-electron chi connectivity index (χ2n) is 7.16. The highest BCUT2D eigenvalue weighted by Crippen LogP contribution is 2.20. The molecule has 5 rings (SSSR count). The first kappa shape index (κ1) is 19.7. The molecule has 1 saturated heterocycles. The molecular formula is C21H21N3O6. The summed E-state index contributed by atoms with van der Waals surface area (Å²) in [4.78, 5) is 36.4. The molecule has 3 heterocycles. The Labute approximate surface area is 172 Å². The zero-order chi connectivity index (χ0) is 21.1. The van der Waals surface area contributed by atoms with Gasteiger partial charge >= 0.3 is 5.97 Å². The molecule has 9 heteroatoms. The van der Waals surface area contributed by atoms with E-state index in [0.717, 1.165) is 5.56 Å². The van der Waals surface area contributed by atoms with Gasteiger partial charge in [0.15, 0.2) is 6.61 Å². The number of carboxylic acid groups (broad SMARTS) is 1. The fraction of sp³-hybridized carbons (Fsp3) is 0.286. The van der Waals surface area contributed by atoms with E-state index >= 15 is 0 Å². The molecule has 4 bridgehead atoms. The maximum absolute atomic E-state index is 12.8. The third-order valence-corrected chi connectivity index (χ3v) is 4.96. The van der Waals surface area contributed by atoms with Crippen molar-refractivity contribution in [1.82, 2.24) is 16.0 Å². The average Bonchev–Trinajstić information content (AvgIpc) is 3.17. The van der Waals surface area contributed by atoms with E-state index in [4.69, 9.17) is 9.47 Å². The van der Waals surface area contributed by atoms with Gasteiger partial charge in [-0.2, -0.15) is 0 Å². The Morgan fingerprint density at radius 2 is 1.83 bits per heavy atom. The van der Waals surface area contributed by atoms with Gasteiger partial charge in [0.25, 0.3) is 11.8 Å². The fourth-order valence-electron chi connectivity index (χ4n) is 3.37. The molecule has 0 saturated carbocycles. The standard InChI is InChI=1S/C21H21N3O6/c25-19-11-29-16-6-13(5-14(7-16)21(27)28)20(26)24-17-9-22-10-18(17)30-15-3-1-12(2-4-15)8-23-19/h1-7,17-18,22H,8-11H2,(H,23,25)(H,24,26)(H,27,28)/t17-,18-/m0/s1. The first-order valence-electron chi connectivity index (χ1n) is 9.53. The van der Waals surface area contributed by atoms with Gasteiger partial charge in [0.05, 0.1) is 11.6 Å². The van der Waals surface area contributed by atoms with Crippen LogP contribution >= 0.6 is 0 Å². The van der Waals surface area contributed by atoms with Gasteiger partial charge in [-0.05, 0) is 35.9 Å². The van der Waals surface area contributed by atoms with Gasteiger partial charge in [0.2, 0.25) is 0 Å². The van der Waals surface area contributed by atoms with Crippen LogP contribution in [0.5, 0.6) is 11.5 Å². The Kier molecular flexibility index (Phi) is 5.53. The summed E-state index contributed by atoms with van der Waals surface area (Å²) < 4.78 is 11.5. The summed E-state index contributed by atoms with van der Waals surface area (Å²) in [6.45, 7) is 1.09. The topological polar surface area (TPSA) is 126 Å². The Bertz CT molecular complexity index is 975. The molecule has 0 aliphatic carbocycles. The third kappa shape index (κ3) is 4.52. The number of amides is 2. The second-order valence-corrected chi connectivity index (χ2v) is 7.16. The lowest BCUT2D eigenvalue weighted by molar-refractivity contribution is -0.123. The number of carboxylic acids is 1. The lowest BCUT2D eigenvalue weighted by Crippen LogP contribution is -2.45. The quantitative estimate of drug-likeness (QED) is 0.540. The van der Waals surface area contributed by atoms with Crippen LogP contribution in [0.1, 0.15) is 26.3 Å². The predicted octanol–water partition coefficient (Wildman–Crippen LogP) is 0.543. The van der Waals surface area contributed by atoms with Crippen LogP contribution in [-0.2, 0) is 11.3 Å². The van der Waals surface area contributed by atoms with E-state index in [9.17, 15) is 19.5 Å². The Morgan fingerprint density at radius 1 is 1.03 bits per heavy atom. The van der Waals surface area contributed by atoms with Gasteiger partial charge in [-0.3, -0.25) is 9.59 Å². The lowest BCUT2D eigenvalue weighted by atomic mass is 10.1. The van der Waals surface area contributed by atoms with Gasteiger partial charge < -0.3 is 30.5 Å². The molecule has 2 amide bonds. The molecule has 2 aromatic carbocycles. The normalized spacial score (nSPS) is 21.5. The first-order chi connectivity index (χ1) is 14.5. The smallest absolute Gasteiger partial charge is 0.335 e. The van der Waals surface area contributed by atoms with Gasteiger partial charge in [-0.25, -0.2) is 4.79 Å². The molecule has 2 atom stereocenters. The molecular weight excluding hydrogens is 390 g/mol. The minimum atomic E-state index is -1.20. The van der Waals surface area contributed by atoms with Crippen LogP contribution in [0.3, 0.4) is 0 Å². The van der Waals surface area contributed by atoms with E-state index < -0.39 is 11.9 Å². The molecule has 2 aromatic rings. The third-order valence-electron chi connectivity index (χ3n) is 4.96. The van der Waals surface area contributed by atoms with E-state index in [0.29, 0.717) is 25.4 Å². The van der Waals surface area contributed by atoms with Crippen molar-refractivity contribution >= 4 is 17.8 Å². The summed E-state index contributed by atoms with van der Waals surface area (Å²) in [5, 5.41) is 18.2. The molecule has 1 fully saturated rings. The van der Waals surface area contributed by atoms with Crippen molar-refractivity contribution in [3.63, 3.8) is 0 Å². The molecule has 3 aliphatic rings. The monoisotopic (exact) mass is 411 g/mol. The molecule has 156 valence electrons. The number of aromatic carboxylic acids is 1. The van der Waals surface area contributed by atoms with Crippen LogP contribution in [-0.4, -0.2) is 54.7 Å². The molecule has 30 heavy (non-hydrogen) atoms. The van der Waals surface area contributed by atoms with Crippen molar-refractivity contribution < 1.29 is 29.0 Å². The van der Waals surface area contributed by atoms with Crippen LogP contribution in [0.15, 0.2) is 42.5 Å².